The second-order valence-electron chi connectivity index (χ2n) is 3.90. The van der Waals surface area contributed by atoms with E-state index in [2.05, 4.69) is 4.98 Å². The number of amides is 1. The summed E-state index contributed by atoms with van der Waals surface area (Å²) in [4.78, 5) is 19.5. The van der Waals surface area contributed by atoms with Gasteiger partial charge in [-0.25, -0.2) is 4.98 Å². The van der Waals surface area contributed by atoms with E-state index in [4.69, 9.17) is 11.6 Å². The predicted octanol–water partition coefficient (Wildman–Crippen LogP) is 1.37. The third-order valence-corrected chi connectivity index (χ3v) is 2.43. The SMILES string of the molecule is CN(C)CCN(C)C(=O)c1ccc(Cl)nc1. The van der Waals surface area contributed by atoms with E-state index in [9.17, 15) is 4.79 Å². The molecule has 0 aliphatic heterocycles. The van der Waals surface area contributed by atoms with Crippen molar-refractivity contribution in [3.63, 3.8) is 0 Å². The number of carbonyl (C=O) groups excluding carboxylic acids is 1. The molecule has 1 aromatic rings. The monoisotopic (exact) mass is 241 g/mol. The van der Waals surface area contributed by atoms with Crippen LogP contribution in [0.3, 0.4) is 0 Å². The Morgan fingerprint density at radius 3 is 2.50 bits per heavy atom. The number of carbonyl (C=O) groups is 1. The van der Waals surface area contributed by atoms with Gasteiger partial charge in [0.1, 0.15) is 5.15 Å². The second kappa shape index (κ2) is 5.82. The number of pyridine rings is 1. The molecular formula is C11H16ClN3O. The molecule has 16 heavy (non-hydrogen) atoms. The van der Waals surface area contributed by atoms with Crippen molar-refractivity contribution in [1.82, 2.24) is 14.8 Å². The third-order valence-electron chi connectivity index (χ3n) is 2.20. The molecule has 0 saturated carbocycles. The summed E-state index contributed by atoms with van der Waals surface area (Å²) in [6, 6.07) is 3.30. The van der Waals surface area contributed by atoms with Crippen LogP contribution in [-0.4, -0.2) is 54.9 Å². The van der Waals surface area contributed by atoms with Crippen molar-refractivity contribution in [2.24, 2.45) is 0 Å². The maximum Gasteiger partial charge on any atom is 0.255 e. The van der Waals surface area contributed by atoms with E-state index in [0.717, 1.165) is 6.54 Å². The molecule has 0 aromatic carbocycles. The fourth-order valence-corrected chi connectivity index (χ4v) is 1.29. The normalized spacial score (nSPS) is 10.6. The molecular weight excluding hydrogens is 226 g/mol. The van der Waals surface area contributed by atoms with Crippen LogP contribution in [0.2, 0.25) is 5.15 Å². The topological polar surface area (TPSA) is 36.4 Å². The van der Waals surface area contributed by atoms with Crippen LogP contribution in [0.25, 0.3) is 0 Å². The Morgan fingerprint density at radius 2 is 2.00 bits per heavy atom. The lowest BCUT2D eigenvalue weighted by atomic mass is 10.2. The zero-order valence-corrected chi connectivity index (χ0v) is 10.5. The van der Waals surface area contributed by atoms with E-state index in [1.54, 1.807) is 24.1 Å². The zero-order chi connectivity index (χ0) is 12.1. The van der Waals surface area contributed by atoms with Crippen LogP contribution in [0.15, 0.2) is 18.3 Å². The Kier molecular flexibility index (Phi) is 4.71. The molecule has 1 rings (SSSR count). The van der Waals surface area contributed by atoms with Gasteiger partial charge in [0.05, 0.1) is 5.56 Å². The van der Waals surface area contributed by atoms with Crippen LogP contribution in [0.1, 0.15) is 10.4 Å². The van der Waals surface area contributed by atoms with E-state index in [0.29, 0.717) is 17.3 Å². The second-order valence-corrected chi connectivity index (χ2v) is 4.29. The zero-order valence-electron chi connectivity index (χ0n) is 9.77. The Bertz CT molecular complexity index is 351. The fourth-order valence-electron chi connectivity index (χ4n) is 1.17. The predicted molar refractivity (Wildman–Crippen MR) is 64.8 cm³/mol. The van der Waals surface area contributed by atoms with Crippen molar-refractivity contribution in [1.29, 1.82) is 0 Å². The first-order valence-electron chi connectivity index (χ1n) is 5.02. The number of aromatic nitrogens is 1. The Balaban J connectivity index is 2.60. The number of nitrogens with zero attached hydrogens (tertiary/aromatic N) is 3. The summed E-state index contributed by atoms with van der Waals surface area (Å²) in [6.07, 6.45) is 1.50. The van der Waals surface area contributed by atoms with Gasteiger partial charge in [-0.3, -0.25) is 4.79 Å². The van der Waals surface area contributed by atoms with Crippen molar-refractivity contribution >= 4 is 17.5 Å². The molecule has 0 unspecified atom stereocenters. The fraction of sp³-hybridized carbons (Fsp3) is 0.455. The molecule has 0 saturated heterocycles. The van der Waals surface area contributed by atoms with E-state index in [1.165, 1.54) is 6.20 Å². The summed E-state index contributed by atoms with van der Waals surface area (Å²) in [7, 11) is 5.73. The largest absolute Gasteiger partial charge is 0.340 e. The molecule has 0 aliphatic carbocycles. The molecule has 88 valence electrons. The molecule has 4 nitrogen and oxygen atoms in total. The average molecular weight is 242 g/mol. The third kappa shape index (κ3) is 3.79. The van der Waals surface area contributed by atoms with Crippen LogP contribution in [0.4, 0.5) is 0 Å². The maximum atomic E-state index is 11.9. The minimum Gasteiger partial charge on any atom is -0.340 e. The van der Waals surface area contributed by atoms with Gasteiger partial charge in [-0.1, -0.05) is 11.6 Å². The van der Waals surface area contributed by atoms with Gasteiger partial charge in [0.25, 0.3) is 5.91 Å². The van der Waals surface area contributed by atoms with Gasteiger partial charge in [-0.15, -0.1) is 0 Å². The Labute approximate surface area is 101 Å². The summed E-state index contributed by atoms with van der Waals surface area (Å²) in [5.74, 6) is -0.0361. The van der Waals surface area contributed by atoms with Gasteiger partial charge in [0.15, 0.2) is 0 Å². The first kappa shape index (κ1) is 12.9. The van der Waals surface area contributed by atoms with Gasteiger partial charge in [-0.05, 0) is 26.2 Å². The molecule has 0 aliphatic rings. The van der Waals surface area contributed by atoms with Gasteiger partial charge in [0, 0.05) is 26.3 Å². The Morgan fingerprint density at radius 1 is 1.31 bits per heavy atom. The van der Waals surface area contributed by atoms with Crippen molar-refractivity contribution in [3.8, 4) is 0 Å². The first-order valence-corrected chi connectivity index (χ1v) is 5.40. The molecule has 0 fully saturated rings. The summed E-state index contributed by atoms with van der Waals surface area (Å²) in [6.45, 7) is 1.53. The summed E-state index contributed by atoms with van der Waals surface area (Å²) in [5.41, 5.74) is 0.561. The van der Waals surface area contributed by atoms with E-state index < -0.39 is 0 Å². The minimum atomic E-state index is -0.0361. The van der Waals surface area contributed by atoms with Crippen molar-refractivity contribution in [2.75, 3.05) is 34.2 Å². The molecule has 1 aromatic heterocycles. The number of hydrogen-bond donors (Lipinski definition) is 0. The molecule has 0 bridgehead atoms. The smallest absolute Gasteiger partial charge is 0.255 e. The highest BCUT2D eigenvalue weighted by Gasteiger charge is 2.11. The maximum absolute atomic E-state index is 11.9. The van der Waals surface area contributed by atoms with Gasteiger partial charge < -0.3 is 9.80 Å². The quantitative estimate of drug-likeness (QED) is 0.747. The van der Waals surface area contributed by atoms with Gasteiger partial charge in [-0.2, -0.15) is 0 Å². The summed E-state index contributed by atoms with van der Waals surface area (Å²) < 4.78 is 0. The van der Waals surface area contributed by atoms with Gasteiger partial charge in [0.2, 0.25) is 0 Å². The van der Waals surface area contributed by atoms with Gasteiger partial charge >= 0.3 is 0 Å². The highest BCUT2D eigenvalue weighted by atomic mass is 35.5. The minimum absolute atomic E-state index is 0.0361. The highest BCUT2D eigenvalue weighted by molar-refractivity contribution is 6.29. The molecule has 0 radical (unpaired) electrons. The van der Waals surface area contributed by atoms with Crippen LogP contribution < -0.4 is 0 Å². The van der Waals surface area contributed by atoms with Crippen molar-refractivity contribution in [2.45, 2.75) is 0 Å². The number of rotatable bonds is 4. The molecule has 5 heteroatoms. The van der Waals surface area contributed by atoms with Crippen LogP contribution in [0, 0.1) is 0 Å². The first-order chi connectivity index (χ1) is 7.50. The lowest BCUT2D eigenvalue weighted by Gasteiger charge is -2.19. The van der Waals surface area contributed by atoms with E-state index >= 15 is 0 Å². The Hall–Kier alpha value is -1.13. The summed E-state index contributed by atoms with van der Waals surface area (Å²) in [5, 5.41) is 0.396. The molecule has 1 heterocycles. The number of halogens is 1. The molecule has 0 N–H and O–H groups in total. The van der Waals surface area contributed by atoms with Crippen LogP contribution in [-0.2, 0) is 0 Å². The summed E-state index contributed by atoms with van der Waals surface area (Å²) >= 11 is 5.66. The molecule has 1 amide bonds. The highest BCUT2D eigenvalue weighted by Crippen LogP contribution is 2.07. The van der Waals surface area contributed by atoms with Crippen LogP contribution in [0.5, 0.6) is 0 Å². The molecule has 0 spiro atoms. The molecule has 0 atom stereocenters. The standard InChI is InChI=1S/C11H16ClN3O/c1-14(2)6-7-15(3)11(16)9-4-5-10(12)13-8-9/h4-5,8H,6-7H2,1-3H3. The number of likely N-dealkylation sites (N-methyl/N-ethyl adjacent to an activating group) is 2. The lowest BCUT2D eigenvalue weighted by Crippen LogP contribution is -2.33. The van der Waals surface area contributed by atoms with Crippen molar-refractivity contribution in [3.05, 3.63) is 29.0 Å². The van der Waals surface area contributed by atoms with E-state index in [-0.39, 0.29) is 5.91 Å². The van der Waals surface area contributed by atoms with Crippen molar-refractivity contribution < 1.29 is 4.79 Å². The van der Waals surface area contributed by atoms with Crippen LogP contribution >= 0.6 is 11.6 Å². The lowest BCUT2D eigenvalue weighted by molar-refractivity contribution is 0.0786. The number of hydrogen-bond acceptors (Lipinski definition) is 3. The average Bonchev–Trinajstić information content (AvgIpc) is 2.26. The van der Waals surface area contributed by atoms with E-state index in [1.807, 2.05) is 19.0 Å².